The molecular formula is C27H26ClFN2O5. The van der Waals surface area contributed by atoms with Crippen molar-refractivity contribution in [3.8, 4) is 16.9 Å². The van der Waals surface area contributed by atoms with Crippen LogP contribution in [0.4, 0.5) is 4.39 Å². The monoisotopic (exact) mass is 512 g/mol. The lowest BCUT2D eigenvalue weighted by Gasteiger charge is -2.28. The normalized spacial score (nSPS) is 17.0. The van der Waals surface area contributed by atoms with Crippen LogP contribution in [0.1, 0.15) is 30.0 Å². The maximum Gasteiger partial charge on any atom is 0.255 e. The molecule has 1 aliphatic heterocycles. The van der Waals surface area contributed by atoms with Crippen LogP contribution < -0.4 is 5.32 Å². The minimum atomic E-state index is -1.94. The third-order valence-electron chi connectivity index (χ3n) is 6.28. The van der Waals surface area contributed by atoms with Crippen molar-refractivity contribution >= 4 is 23.4 Å². The molecule has 1 fully saturated rings. The van der Waals surface area contributed by atoms with Gasteiger partial charge in [-0.05, 0) is 53.8 Å². The number of phenolic OH excluding ortho intramolecular Hbond substituents is 1. The van der Waals surface area contributed by atoms with Crippen LogP contribution in [0.5, 0.6) is 5.75 Å². The maximum atomic E-state index is 13.2. The molecule has 1 unspecified atom stereocenters. The zero-order valence-electron chi connectivity index (χ0n) is 19.3. The van der Waals surface area contributed by atoms with E-state index in [0.717, 1.165) is 18.1 Å². The van der Waals surface area contributed by atoms with Crippen LogP contribution in [0.15, 0.2) is 66.7 Å². The summed E-state index contributed by atoms with van der Waals surface area (Å²) in [6.45, 7) is 0.443. The van der Waals surface area contributed by atoms with Gasteiger partial charge in [-0.3, -0.25) is 9.59 Å². The minimum Gasteiger partial charge on any atom is -0.507 e. The quantitative estimate of drug-likeness (QED) is 0.387. The van der Waals surface area contributed by atoms with Gasteiger partial charge in [0.15, 0.2) is 12.2 Å². The van der Waals surface area contributed by atoms with Gasteiger partial charge in [0.05, 0.1) is 6.04 Å². The summed E-state index contributed by atoms with van der Waals surface area (Å²) >= 11 is 6.07. The van der Waals surface area contributed by atoms with Crippen molar-refractivity contribution in [2.24, 2.45) is 0 Å². The second-order valence-electron chi connectivity index (χ2n) is 8.71. The Kier molecular flexibility index (Phi) is 7.88. The van der Waals surface area contributed by atoms with Gasteiger partial charge in [0.25, 0.3) is 11.8 Å². The summed E-state index contributed by atoms with van der Waals surface area (Å²) in [6.07, 6.45) is -2.43. The number of amides is 2. The Hall–Kier alpha value is -3.46. The van der Waals surface area contributed by atoms with Crippen LogP contribution in [0.2, 0.25) is 5.02 Å². The third kappa shape index (κ3) is 5.67. The highest BCUT2D eigenvalue weighted by atomic mass is 35.5. The average molecular weight is 513 g/mol. The second kappa shape index (κ2) is 11.1. The average Bonchev–Trinajstić information content (AvgIpc) is 3.36. The highest BCUT2D eigenvalue weighted by Crippen LogP contribution is 2.34. The number of phenols is 1. The molecule has 7 nitrogen and oxygen atoms in total. The van der Waals surface area contributed by atoms with Gasteiger partial charge in [-0.25, -0.2) is 4.39 Å². The van der Waals surface area contributed by atoms with E-state index in [0.29, 0.717) is 34.7 Å². The predicted molar refractivity (Wildman–Crippen MR) is 133 cm³/mol. The van der Waals surface area contributed by atoms with Crippen LogP contribution >= 0.6 is 11.6 Å². The van der Waals surface area contributed by atoms with E-state index in [4.69, 9.17) is 11.6 Å². The molecule has 0 radical (unpaired) electrons. The first kappa shape index (κ1) is 25.6. The lowest BCUT2D eigenvalue weighted by atomic mass is 10.0. The van der Waals surface area contributed by atoms with Crippen molar-refractivity contribution in [2.45, 2.75) is 37.6 Å². The van der Waals surface area contributed by atoms with E-state index in [2.05, 4.69) is 5.32 Å². The number of hydrogen-bond acceptors (Lipinski definition) is 5. The summed E-state index contributed by atoms with van der Waals surface area (Å²) in [5.74, 6) is -2.33. The first-order chi connectivity index (χ1) is 17.2. The standard InChI is InChI=1S/C27H26ClFN2O5/c28-19-4-1-3-18(13-19)22-5-2-12-31(22)27(36)25(34)24(33)26(35)30-15-16-6-8-17(9-7-16)21-11-10-20(29)14-23(21)32/h1,3-4,6-11,13-14,22,24-25,32-34H,2,5,12,15H2,(H,30,35)/t22?,24-,25-/m1/s1. The van der Waals surface area contributed by atoms with Crippen LogP contribution in [-0.4, -0.2) is 50.8 Å². The third-order valence-corrected chi connectivity index (χ3v) is 6.52. The Morgan fingerprint density at radius 1 is 1.06 bits per heavy atom. The number of aliphatic hydroxyl groups excluding tert-OH is 2. The minimum absolute atomic E-state index is 0.0430. The number of nitrogens with one attached hydrogen (secondary N) is 1. The molecule has 0 aliphatic carbocycles. The summed E-state index contributed by atoms with van der Waals surface area (Å²) in [6, 6.07) is 17.4. The summed E-state index contributed by atoms with van der Waals surface area (Å²) in [4.78, 5) is 26.8. The molecule has 0 aromatic heterocycles. The van der Waals surface area contributed by atoms with Crippen molar-refractivity contribution < 1.29 is 29.3 Å². The van der Waals surface area contributed by atoms with E-state index < -0.39 is 29.8 Å². The Balaban J connectivity index is 1.35. The van der Waals surface area contributed by atoms with E-state index >= 15 is 0 Å². The molecule has 1 saturated heterocycles. The fourth-order valence-electron chi connectivity index (χ4n) is 4.38. The molecule has 4 N–H and O–H groups in total. The molecule has 2 amide bonds. The van der Waals surface area contributed by atoms with Crippen molar-refractivity contribution in [1.82, 2.24) is 10.2 Å². The molecule has 188 valence electrons. The smallest absolute Gasteiger partial charge is 0.255 e. The highest BCUT2D eigenvalue weighted by Gasteiger charge is 2.38. The zero-order chi connectivity index (χ0) is 25.8. The number of likely N-dealkylation sites (tertiary alicyclic amines) is 1. The fraction of sp³-hybridized carbons (Fsp3) is 0.259. The number of aromatic hydroxyl groups is 1. The van der Waals surface area contributed by atoms with Crippen LogP contribution in [0, 0.1) is 5.82 Å². The van der Waals surface area contributed by atoms with E-state index in [1.807, 2.05) is 6.07 Å². The number of rotatable bonds is 7. The van der Waals surface area contributed by atoms with Gasteiger partial charge in [-0.1, -0.05) is 48.0 Å². The lowest BCUT2D eigenvalue weighted by Crippen LogP contribution is -2.50. The van der Waals surface area contributed by atoms with E-state index in [1.165, 1.54) is 17.0 Å². The van der Waals surface area contributed by atoms with Crippen LogP contribution in [0.25, 0.3) is 11.1 Å². The molecule has 36 heavy (non-hydrogen) atoms. The molecule has 1 aliphatic rings. The first-order valence-corrected chi connectivity index (χ1v) is 11.9. The summed E-state index contributed by atoms with van der Waals surface area (Å²) in [5.41, 5.74) is 2.63. The van der Waals surface area contributed by atoms with Gasteiger partial charge >= 0.3 is 0 Å². The van der Waals surface area contributed by atoms with Gasteiger partial charge in [-0.15, -0.1) is 0 Å². The molecule has 4 rings (SSSR count). The second-order valence-corrected chi connectivity index (χ2v) is 9.15. The Bertz CT molecular complexity index is 1250. The Labute approximate surface area is 212 Å². The topological polar surface area (TPSA) is 110 Å². The van der Waals surface area contributed by atoms with Crippen molar-refractivity contribution in [2.75, 3.05) is 6.54 Å². The van der Waals surface area contributed by atoms with Crippen LogP contribution in [-0.2, 0) is 16.1 Å². The molecule has 0 bridgehead atoms. The Morgan fingerprint density at radius 2 is 1.81 bits per heavy atom. The highest BCUT2D eigenvalue weighted by molar-refractivity contribution is 6.30. The molecule has 0 saturated carbocycles. The van der Waals surface area contributed by atoms with Gasteiger partial charge in [0.2, 0.25) is 0 Å². The lowest BCUT2D eigenvalue weighted by molar-refractivity contribution is -0.153. The Morgan fingerprint density at radius 3 is 2.50 bits per heavy atom. The van der Waals surface area contributed by atoms with Gasteiger partial charge in [0, 0.05) is 29.7 Å². The number of carbonyl (C=O) groups excluding carboxylic acids is 2. The number of aliphatic hydroxyl groups is 2. The summed E-state index contributed by atoms with van der Waals surface area (Å²) in [7, 11) is 0. The zero-order valence-corrected chi connectivity index (χ0v) is 20.0. The SMILES string of the molecule is O=C(NCc1ccc(-c2ccc(F)cc2O)cc1)[C@H](O)[C@@H](O)C(=O)N1CCCC1c1cccc(Cl)c1. The van der Waals surface area contributed by atoms with Gasteiger partial charge in [-0.2, -0.15) is 0 Å². The molecular weight excluding hydrogens is 487 g/mol. The summed E-state index contributed by atoms with van der Waals surface area (Å²) in [5, 5.41) is 33.8. The molecule has 3 aromatic carbocycles. The molecule has 9 heteroatoms. The molecule has 3 aromatic rings. The van der Waals surface area contributed by atoms with Gasteiger partial charge in [0.1, 0.15) is 11.6 Å². The number of halogens is 2. The van der Waals surface area contributed by atoms with Crippen molar-refractivity contribution in [1.29, 1.82) is 0 Å². The predicted octanol–water partition coefficient (Wildman–Crippen LogP) is 3.55. The number of carbonyl (C=O) groups is 2. The number of nitrogens with zero attached hydrogens (tertiary/aromatic N) is 1. The maximum absolute atomic E-state index is 13.2. The van der Waals surface area contributed by atoms with Crippen LogP contribution in [0.3, 0.4) is 0 Å². The molecule has 0 spiro atoms. The van der Waals surface area contributed by atoms with E-state index in [9.17, 15) is 29.3 Å². The molecule has 3 atom stereocenters. The molecule has 1 heterocycles. The van der Waals surface area contributed by atoms with Crippen molar-refractivity contribution in [3.05, 3.63) is 88.7 Å². The van der Waals surface area contributed by atoms with E-state index in [1.54, 1.807) is 42.5 Å². The summed E-state index contributed by atoms with van der Waals surface area (Å²) < 4.78 is 13.2. The van der Waals surface area contributed by atoms with E-state index in [-0.39, 0.29) is 18.3 Å². The van der Waals surface area contributed by atoms with Gasteiger partial charge < -0.3 is 25.5 Å². The number of benzene rings is 3. The van der Waals surface area contributed by atoms with Crippen molar-refractivity contribution in [3.63, 3.8) is 0 Å². The first-order valence-electron chi connectivity index (χ1n) is 11.5. The largest absolute Gasteiger partial charge is 0.507 e. The fourth-order valence-corrected chi connectivity index (χ4v) is 4.58. The number of hydrogen-bond donors (Lipinski definition) is 4.